The maximum atomic E-state index is 12.6. The van der Waals surface area contributed by atoms with Crippen LogP contribution in [-0.4, -0.2) is 165 Å². The Bertz CT molecular complexity index is 1650. The second-order valence-corrected chi connectivity index (χ2v) is 21.5. The van der Waals surface area contributed by atoms with E-state index in [4.69, 9.17) is 42.6 Å². The van der Waals surface area contributed by atoms with Crippen molar-refractivity contribution in [1.82, 2.24) is 0 Å². The van der Waals surface area contributed by atoms with E-state index in [9.17, 15) is 40.5 Å². The van der Waals surface area contributed by atoms with Crippen LogP contribution in [0.5, 0.6) is 0 Å². The van der Waals surface area contributed by atoms with Gasteiger partial charge in [0.2, 0.25) is 0 Å². The van der Waals surface area contributed by atoms with Crippen molar-refractivity contribution in [3.63, 3.8) is 0 Å². The third kappa shape index (κ3) is 8.45. The SMILES string of the molecule is CC1O[C@@H](O[C@@H]2C(C)O[C@@H](O[C@@H]3C(C)O[C@@H](O[C@@H]4C(C)O[C@@H](O[C@H]5CC[C@@]6(C)[C@H](CC[C@@H]7[C@@H]6C[C@@H](O)[C@]6(C)[C@@H](C8=CC(=O)OC8)CC[C@]76O)C5)C[C@H]4O)C[C@H]3O)C[C@H]2O)C[C@@H](O)[C@@H]1O. The zero-order chi connectivity index (χ0) is 45.6. The minimum Gasteiger partial charge on any atom is -0.458 e. The maximum Gasteiger partial charge on any atom is 0.331 e. The summed E-state index contributed by atoms with van der Waals surface area (Å²) in [4.78, 5) is 12.0. The lowest BCUT2D eigenvalue weighted by atomic mass is 9.42. The van der Waals surface area contributed by atoms with E-state index in [1.165, 1.54) is 0 Å². The molecule has 7 N–H and O–H groups in total. The van der Waals surface area contributed by atoms with Gasteiger partial charge < -0.3 is 78.4 Å². The molecule has 364 valence electrons. The normalized spacial score (nSPS) is 55.5. The van der Waals surface area contributed by atoms with Crippen LogP contribution in [-0.2, 0) is 47.4 Å². The number of carbonyl (C=O) groups is 1. The number of fused-ring (bicyclic) bond motifs is 5. The van der Waals surface area contributed by atoms with Gasteiger partial charge in [-0.1, -0.05) is 13.8 Å². The molecule has 0 radical (unpaired) electrons. The lowest BCUT2D eigenvalue weighted by Gasteiger charge is -2.65. The average molecular weight is 911 g/mol. The second kappa shape index (κ2) is 18.2. The molecular formula is C47H74O17. The number of carbonyl (C=O) groups excluding carboxylic acids is 1. The number of esters is 1. The van der Waals surface area contributed by atoms with Gasteiger partial charge in [-0.3, -0.25) is 0 Å². The monoisotopic (exact) mass is 910 g/mol. The summed E-state index contributed by atoms with van der Waals surface area (Å²) in [5.41, 5.74) is -0.941. The summed E-state index contributed by atoms with van der Waals surface area (Å²) in [5.74, 6) is 0.144. The standard InChI is InChI=1S/C47H74O17/c1-21-41(54)31(48)16-38(57-21)62-43-23(3)59-40(18-33(43)50)64-44-24(4)60-39(19-34(44)51)63-42-22(2)58-37(17-32(42)49)61-27-9-11-45(5)26(14-27)7-8-29-30(45)15-35(52)46(6)28(10-12-47(29,46)55)25-13-36(53)56-20-25/h13,21-24,26-35,37-44,48-52,54-55H,7-12,14-20H2,1-6H3/t21?,22?,23?,24?,26-,27+,28-,29-,30+,31-,32-,33-,34-,35-,37+,38+,39+,40+,41-,42-,43-,44-,45+,46+,47+/m1/s1. The Hall–Kier alpha value is -1.39. The molecule has 4 unspecified atom stereocenters. The van der Waals surface area contributed by atoms with Gasteiger partial charge in [-0.15, -0.1) is 0 Å². The summed E-state index contributed by atoms with van der Waals surface area (Å²) >= 11 is 0. The van der Waals surface area contributed by atoms with Crippen LogP contribution >= 0.6 is 0 Å². The molecule has 64 heavy (non-hydrogen) atoms. The van der Waals surface area contributed by atoms with Crippen LogP contribution < -0.4 is 0 Å². The minimum absolute atomic E-state index is 0.0536. The lowest BCUT2D eigenvalue weighted by Crippen LogP contribution is -2.67. The molecule has 9 aliphatic rings. The van der Waals surface area contributed by atoms with Crippen molar-refractivity contribution in [2.45, 2.75) is 235 Å². The summed E-state index contributed by atoms with van der Waals surface area (Å²) in [6.07, 6.45) is -5.28. The molecule has 0 amide bonds. The van der Waals surface area contributed by atoms with Gasteiger partial charge in [-0.2, -0.15) is 0 Å². The highest BCUT2D eigenvalue weighted by Gasteiger charge is 2.71. The number of cyclic esters (lactones) is 1. The Morgan fingerprint density at radius 3 is 1.61 bits per heavy atom. The van der Waals surface area contributed by atoms with Crippen molar-refractivity contribution in [1.29, 1.82) is 0 Å². The number of rotatable bonds is 9. The number of ether oxygens (including phenoxy) is 9. The van der Waals surface area contributed by atoms with Crippen LogP contribution in [0.2, 0.25) is 0 Å². The van der Waals surface area contributed by atoms with Gasteiger partial charge in [-0.05, 0) is 114 Å². The van der Waals surface area contributed by atoms with Crippen LogP contribution in [0, 0.1) is 34.5 Å². The molecular weight excluding hydrogens is 837 g/mol. The summed E-state index contributed by atoms with van der Waals surface area (Å²) in [6, 6.07) is 0. The van der Waals surface area contributed by atoms with Crippen molar-refractivity contribution in [3.8, 4) is 0 Å². The zero-order valence-corrected chi connectivity index (χ0v) is 38.2. The third-order valence-electron chi connectivity index (χ3n) is 17.9. The second-order valence-electron chi connectivity index (χ2n) is 21.5. The molecule has 8 fully saturated rings. The fourth-order valence-corrected chi connectivity index (χ4v) is 14.2. The molecule has 4 saturated carbocycles. The summed E-state index contributed by atoms with van der Waals surface area (Å²) in [7, 11) is 0. The topological polar surface area (TPSA) is 242 Å². The van der Waals surface area contributed by atoms with E-state index in [0.717, 1.165) is 44.1 Å². The van der Waals surface area contributed by atoms with E-state index < -0.39 is 116 Å². The van der Waals surface area contributed by atoms with Crippen LogP contribution in [0.4, 0.5) is 0 Å². The first-order chi connectivity index (χ1) is 30.3. The molecule has 25 atom stereocenters. The Balaban J connectivity index is 0.738. The fraction of sp³-hybridized carbons (Fsp3) is 0.936. The zero-order valence-electron chi connectivity index (χ0n) is 38.2. The Labute approximate surface area is 376 Å². The number of hydrogen-bond acceptors (Lipinski definition) is 17. The highest BCUT2D eigenvalue weighted by molar-refractivity contribution is 5.85. The van der Waals surface area contributed by atoms with E-state index in [-0.39, 0.29) is 67.5 Å². The summed E-state index contributed by atoms with van der Waals surface area (Å²) in [6.45, 7) is 11.6. The molecule has 0 aromatic rings. The number of aliphatic hydroxyl groups excluding tert-OH is 6. The molecule has 0 aromatic carbocycles. The van der Waals surface area contributed by atoms with Crippen LogP contribution in [0.1, 0.15) is 119 Å². The van der Waals surface area contributed by atoms with Gasteiger partial charge in [-0.25, -0.2) is 4.79 Å². The highest BCUT2D eigenvalue weighted by atomic mass is 16.8. The van der Waals surface area contributed by atoms with E-state index in [2.05, 4.69) is 6.92 Å². The molecule has 17 nitrogen and oxygen atoms in total. The van der Waals surface area contributed by atoms with Crippen molar-refractivity contribution in [2.24, 2.45) is 34.5 Å². The first kappa shape index (κ1) is 47.7. The van der Waals surface area contributed by atoms with Crippen molar-refractivity contribution >= 4 is 5.97 Å². The first-order valence-electron chi connectivity index (χ1n) is 24.2. The quantitative estimate of drug-likeness (QED) is 0.129. The fourth-order valence-electron chi connectivity index (χ4n) is 14.2. The van der Waals surface area contributed by atoms with Gasteiger partial charge >= 0.3 is 5.97 Å². The van der Waals surface area contributed by atoms with Gasteiger partial charge in [0.15, 0.2) is 25.2 Å². The molecule has 5 heterocycles. The first-order valence-corrected chi connectivity index (χ1v) is 24.2. The largest absolute Gasteiger partial charge is 0.458 e. The molecule has 0 spiro atoms. The predicted octanol–water partition coefficient (Wildman–Crippen LogP) is 2.10. The average Bonchev–Trinajstić information content (AvgIpc) is 3.78. The van der Waals surface area contributed by atoms with Gasteiger partial charge in [0, 0.05) is 37.2 Å². The van der Waals surface area contributed by atoms with E-state index in [1.54, 1.807) is 26.8 Å². The summed E-state index contributed by atoms with van der Waals surface area (Å²) < 4.78 is 54.5. The van der Waals surface area contributed by atoms with E-state index in [0.29, 0.717) is 18.8 Å². The van der Waals surface area contributed by atoms with Crippen LogP contribution in [0.3, 0.4) is 0 Å². The molecule has 17 heteroatoms. The van der Waals surface area contributed by atoms with Gasteiger partial charge in [0.25, 0.3) is 0 Å². The minimum atomic E-state index is -1.03. The molecule has 9 rings (SSSR count). The Kier molecular flexibility index (Phi) is 13.5. The van der Waals surface area contributed by atoms with Crippen LogP contribution in [0.15, 0.2) is 11.6 Å². The third-order valence-corrected chi connectivity index (χ3v) is 17.9. The van der Waals surface area contributed by atoms with E-state index in [1.807, 2.05) is 13.8 Å². The van der Waals surface area contributed by atoms with Crippen molar-refractivity contribution in [3.05, 3.63) is 11.6 Å². The van der Waals surface area contributed by atoms with Crippen molar-refractivity contribution < 1.29 is 83.2 Å². The lowest BCUT2D eigenvalue weighted by molar-refractivity contribution is -0.344. The van der Waals surface area contributed by atoms with Gasteiger partial charge in [0.05, 0.1) is 66.6 Å². The summed E-state index contributed by atoms with van der Waals surface area (Å²) in [5, 5.41) is 78.4. The predicted molar refractivity (Wildman–Crippen MR) is 222 cm³/mol. The van der Waals surface area contributed by atoms with Crippen LogP contribution in [0.25, 0.3) is 0 Å². The molecule has 5 aliphatic heterocycles. The molecule has 4 aliphatic carbocycles. The maximum absolute atomic E-state index is 12.6. The number of aliphatic hydroxyl groups is 7. The van der Waals surface area contributed by atoms with Gasteiger partial charge in [0.1, 0.15) is 31.0 Å². The van der Waals surface area contributed by atoms with E-state index >= 15 is 0 Å². The Morgan fingerprint density at radius 2 is 1.11 bits per heavy atom. The molecule has 0 bridgehead atoms. The number of hydrogen-bond donors (Lipinski definition) is 7. The highest BCUT2D eigenvalue weighted by Crippen LogP contribution is 2.70. The molecule has 0 aromatic heterocycles. The smallest absolute Gasteiger partial charge is 0.331 e. The Morgan fingerprint density at radius 1 is 0.594 bits per heavy atom. The van der Waals surface area contributed by atoms with Crippen molar-refractivity contribution in [2.75, 3.05) is 6.61 Å². The molecule has 4 saturated heterocycles.